The molecule has 0 saturated carbocycles. The molecule has 2 rings (SSSR count). The molecular formula is C10H16N4O4S. The zero-order valence-electron chi connectivity index (χ0n) is 10.4. The summed E-state index contributed by atoms with van der Waals surface area (Å²) < 4.78 is 25.4. The van der Waals surface area contributed by atoms with Gasteiger partial charge in [-0.2, -0.15) is 0 Å². The van der Waals surface area contributed by atoms with Crippen LogP contribution in [0.3, 0.4) is 0 Å². The Bertz CT molecular complexity index is 554. The molecule has 1 aliphatic heterocycles. The maximum absolute atomic E-state index is 12.0. The highest BCUT2D eigenvalue weighted by atomic mass is 32.2. The van der Waals surface area contributed by atoms with E-state index in [1.807, 2.05) is 0 Å². The zero-order chi connectivity index (χ0) is 13.9. The molecule has 1 N–H and O–H groups in total. The van der Waals surface area contributed by atoms with Crippen molar-refractivity contribution < 1.29 is 18.3 Å². The van der Waals surface area contributed by atoms with Gasteiger partial charge in [0.1, 0.15) is 5.25 Å². The predicted octanol–water partition coefficient (Wildman–Crippen LogP) is 0.178. The van der Waals surface area contributed by atoms with Gasteiger partial charge in [-0.15, -0.1) is 5.10 Å². The van der Waals surface area contributed by atoms with Crippen molar-refractivity contribution in [3.8, 4) is 0 Å². The van der Waals surface area contributed by atoms with Crippen LogP contribution in [0, 0.1) is 0 Å². The maximum Gasteiger partial charge on any atom is 0.303 e. The van der Waals surface area contributed by atoms with Crippen molar-refractivity contribution in [1.29, 1.82) is 0 Å². The standard InChI is InChI=1S/C10H16N4O4S/c15-9(16)5-3-6-14-10(11-12-13-14)8-4-1-2-7-19(8,17)18/h8H,1-7H2,(H,15,16). The van der Waals surface area contributed by atoms with E-state index in [0.29, 0.717) is 31.6 Å². The normalized spacial score (nSPS) is 22.2. The smallest absolute Gasteiger partial charge is 0.303 e. The van der Waals surface area contributed by atoms with E-state index in [1.54, 1.807) is 0 Å². The molecule has 1 unspecified atom stereocenters. The molecule has 9 heteroatoms. The van der Waals surface area contributed by atoms with Crippen molar-refractivity contribution in [2.45, 2.75) is 43.9 Å². The van der Waals surface area contributed by atoms with Gasteiger partial charge in [-0.25, -0.2) is 13.1 Å². The minimum atomic E-state index is -3.19. The van der Waals surface area contributed by atoms with Crippen molar-refractivity contribution in [2.24, 2.45) is 0 Å². The quantitative estimate of drug-likeness (QED) is 0.821. The van der Waals surface area contributed by atoms with Crippen LogP contribution in [-0.2, 0) is 21.2 Å². The van der Waals surface area contributed by atoms with E-state index in [-0.39, 0.29) is 12.2 Å². The number of carboxylic acid groups (broad SMARTS) is 1. The Morgan fingerprint density at radius 3 is 2.89 bits per heavy atom. The minimum absolute atomic E-state index is 0.0106. The van der Waals surface area contributed by atoms with Gasteiger partial charge in [-0.1, -0.05) is 6.42 Å². The van der Waals surface area contributed by atoms with Crippen molar-refractivity contribution in [1.82, 2.24) is 20.2 Å². The number of carboxylic acids is 1. The Morgan fingerprint density at radius 2 is 2.21 bits per heavy atom. The van der Waals surface area contributed by atoms with Crippen LogP contribution in [0.4, 0.5) is 0 Å². The molecule has 1 atom stereocenters. The summed E-state index contributed by atoms with van der Waals surface area (Å²) in [5, 5.41) is 19.0. The van der Waals surface area contributed by atoms with E-state index in [1.165, 1.54) is 4.68 Å². The van der Waals surface area contributed by atoms with Crippen molar-refractivity contribution in [2.75, 3.05) is 5.75 Å². The fourth-order valence-electron chi connectivity index (χ4n) is 2.23. The second kappa shape index (κ2) is 5.64. The minimum Gasteiger partial charge on any atom is -0.481 e. The van der Waals surface area contributed by atoms with E-state index in [9.17, 15) is 13.2 Å². The van der Waals surface area contributed by atoms with Crippen LogP contribution in [0.15, 0.2) is 0 Å². The molecule has 0 bridgehead atoms. The maximum atomic E-state index is 12.0. The van der Waals surface area contributed by atoms with E-state index >= 15 is 0 Å². The van der Waals surface area contributed by atoms with Gasteiger partial charge >= 0.3 is 5.97 Å². The van der Waals surface area contributed by atoms with Crippen LogP contribution in [0.5, 0.6) is 0 Å². The average Bonchev–Trinajstić information content (AvgIpc) is 2.76. The molecule has 19 heavy (non-hydrogen) atoms. The molecule has 106 valence electrons. The van der Waals surface area contributed by atoms with Gasteiger partial charge in [0.2, 0.25) is 0 Å². The summed E-state index contributed by atoms with van der Waals surface area (Å²) in [6.07, 6.45) is 2.43. The Labute approximate surface area is 110 Å². The van der Waals surface area contributed by atoms with Gasteiger partial charge in [0.05, 0.1) is 5.75 Å². The van der Waals surface area contributed by atoms with Crippen LogP contribution in [0.2, 0.25) is 0 Å². The lowest BCUT2D eigenvalue weighted by Gasteiger charge is -2.21. The third kappa shape index (κ3) is 3.28. The van der Waals surface area contributed by atoms with Crippen LogP contribution >= 0.6 is 0 Å². The molecule has 0 spiro atoms. The lowest BCUT2D eigenvalue weighted by molar-refractivity contribution is -0.137. The van der Waals surface area contributed by atoms with E-state index in [2.05, 4.69) is 15.5 Å². The third-order valence-corrected chi connectivity index (χ3v) is 5.36. The van der Waals surface area contributed by atoms with Crippen molar-refractivity contribution in [3.05, 3.63) is 5.82 Å². The number of hydrogen-bond donors (Lipinski definition) is 1. The SMILES string of the molecule is O=C(O)CCCn1nnnc1C1CCCCS1(=O)=O. The predicted molar refractivity (Wildman–Crippen MR) is 65.1 cm³/mol. The summed E-state index contributed by atoms with van der Waals surface area (Å²) in [5.74, 6) is -0.385. The molecule has 8 nitrogen and oxygen atoms in total. The first-order valence-electron chi connectivity index (χ1n) is 6.20. The van der Waals surface area contributed by atoms with Crippen molar-refractivity contribution >= 4 is 15.8 Å². The highest BCUT2D eigenvalue weighted by molar-refractivity contribution is 7.91. The molecule has 1 aromatic rings. The Hall–Kier alpha value is -1.51. The first-order chi connectivity index (χ1) is 9.00. The average molecular weight is 288 g/mol. The van der Waals surface area contributed by atoms with Gasteiger partial charge in [0, 0.05) is 13.0 Å². The van der Waals surface area contributed by atoms with Gasteiger partial charge in [-0.05, 0) is 29.7 Å². The molecular weight excluding hydrogens is 272 g/mol. The third-order valence-electron chi connectivity index (χ3n) is 3.19. The number of aryl methyl sites for hydroxylation is 1. The zero-order valence-corrected chi connectivity index (χ0v) is 11.2. The Morgan fingerprint density at radius 1 is 1.42 bits per heavy atom. The fraction of sp³-hybridized carbons (Fsp3) is 0.800. The van der Waals surface area contributed by atoms with Crippen LogP contribution in [-0.4, -0.2) is 45.5 Å². The van der Waals surface area contributed by atoms with E-state index in [0.717, 1.165) is 6.42 Å². The number of rotatable bonds is 5. The monoisotopic (exact) mass is 288 g/mol. The number of hydrogen-bond acceptors (Lipinski definition) is 6. The summed E-state index contributed by atoms with van der Waals surface area (Å²) >= 11 is 0. The number of carbonyl (C=O) groups is 1. The molecule has 1 aromatic heterocycles. The largest absolute Gasteiger partial charge is 0.481 e. The second-order valence-electron chi connectivity index (χ2n) is 4.61. The molecule has 0 aromatic carbocycles. The Balaban J connectivity index is 2.12. The molecule has 0 aliphatic carbocycles. The van der Waals surface area contributed by atoms with Gasteiger partial charge < -0.3 is 5.11 Å². The van der Waals surface area contributed by atoms with E-state index in [4.69, 9.17) is 5.11 Å². The van der Waals surface area contributed by atoms with Crippen LogP contribution in [0.25, 0.3) is 0 Å². The fourth-order valence-corrected chi connectivity index (χ4v) is 4.13. The lowest BCUT2D eigenvalue weighted by atomic mass is 10.2. The summed E-state index contributed by atoms with van der Waals surface area (Å²) in [6, 6.07) is 0. The van der Waals surface area contributed by atoms with Gasteiger partial charge in [0.25, 0.3) is 0 Å². The van der Waals surface area contributed by atoms with E-state index < -0.39 is 21.1 Å². The first-order valence-corrected chi connectivity index (χ1v) is 7.91. The first kappa shape index (κ1) is 13.9. The van der Waals surface area contributed by atoms with Crippen LogP contribution < -0.4 is 0 Å². The van der Waals surface area contributed by atoms with Crippen LogP contribution in [0.1, 0.15) is 43.2 Å². The topological polar surface area (TPSA) is 115 Å². The highest BCUT2D eigenvalue weighted by Gasteiger charge is 2.34. The highest BCUT2D eigenvalue weighted by Crippen LogP contribution is 2.31. The summed E-state index contributed by atoms with van der Waals surface area (Å²) in [7, 11) is -3.19. The van der Waals surface area contributed by atoms with Crippen molar-refractivity contribution in [3.63, 3.8) is 0 Å². The number of aromatic nitrogens is 4. The summed E-state index contributed by atoms with van der Waals surface area (Å²) in [5.41, 5.74) is 0. The summed E-state index contributed by atoms with van der Waals surface area (Å²) in [6.45, 7) is 0.320. The Kier molecular flexibility index (Phi) is 4.13. The second-order valence-corrected chi connectivity index (χ2v) is 6.91. The molecule has 0 radical (unpaired) electrons. The van der Waals surface area contributed by atoms with Gasteiger partial charge in [0.15, 0.2) is 15.7 Å². The summed E-state index contributed by atoms with van der Waals surface area (Å²) in [4.78, 5) is 10.5. The molecule has 2 heterocycles. The molecule has 1 saturated heterocycles. The molecule has 0 amide bonds. The molecule has 1 fully saturated rings. The number of tetrazole rings is 1. The molecule has 1 aliphatic rings. The number of sulfone groups is 1. The van der Waals surface area contributed by atoms with Gasteiger partial charge in [-0.3, -0.25) is 4.79 Å². The lowest BCUT2D eigenvalue weighted by Crippen LogP contribution is -2.25. The number of aliphatic carboxylic acids is 1. The number of nitrogens with zero attached hydrogens (tertiary/aromatic N) is 4.